The highest BCUT2D eigenvalue weighted by molar-refractivity contribution is 7.91. The molecule has 1 saturated heterocycles. The van der Waals surface area contributed by atoms with Crippen molar-refractivity contribution < 1.29 is 22.4 Å². The average Bonchev–Trinajstić information content (AvgIpc) is 3.24. The number of carbonyl (C=O) groups excluding carboxylic acids is 1. The van der Waals surface area contributed by atoms with Gasteiger partial charge in [0.15, 0.2) is 0 Å². The number of sulfonamides is 1. The first-order chi connectivity index (χ1) is 11.9. The van der Waals surface area contributed by atoms with Crippen molar-refractivity contribution in [3.8, 4) is 0 Å². The van der Waals surface area contributed by atoms with Gasteiger partial charge in [0.2, 0.25) is 0 Å². The quantitative estimate of drug-likeness (QED) is 0.733. The van der Waals surface area contributed by atoms with Gasteiger partial charge in [-0.25, -0.2) is 13.2 Å². The lowest BCUT2D eigenvalue weighted by Crippen LogP contribution is -2.48. The molecule has 3 rings (SSSR count). The predicted octanol–water partition coefficient (Wildman–Crippen LogP) is 1.94. The molecular weight excluding hydrogens is 364 g/mol. The van der Waals surface area contributed by atoms with Gasteiger partial charge in [-0.2, -0.15) is 4.31 Å². The van der Waals surface area contributed by atoms with E-state index < -0.39 is 16.0 Å². The van der Waals surface area contributed by atoms with Gasteiger partial charge >= 0.3 is 5.97 Å². The fraction of sp³-hybridized carbons (Fsp3) is 0.438. The SMILES string of the molecule is COC(=O)c1ccoc1CN1CCN(S(=O)(=O)c2ccc(C)s2)CC1. The molecule has 0 saturated carbocycles. The Morgan fingerprint density at radius 3 is 2.56 bits per heavy atom. The third kappa shape index (κ3) is 3.79. The number of furan rings is 1. The van der Waals surface area contributed by atoms with Crippen molar-refractivity contribution in [3.05, 3.63) is 40.7 Å². The van der Waals surface area contributed by atoms with Gasteiger partial charge < -0.3 is 9.15 Å². The lowest BCUT2D eigenvalue weighted by Gasteiger charge is -2.33. The summed E-state index contributed by atoms with van der Waals surface area (Å²) in [4.78, 5) is 14.7. The van der Waals surface area contributed by atoms with Crippen LogP contribution in [0.5, 0.6) is 0 Å². The molecule has 3 heterocycles. The van der Waals surface area contributed by atoms with Gasteiger partial charge in [0.05, 0.1) is 19.9 Å². The first-order valence-corrected chi connectivity index (χ1v) is 10.1. The first-order valence-electron chi connectivity index (χ1n) is 7.85. The molecule has 1 aliphatic heterocycles. The third-order valence-corrected chi connectivity index (χ3v) is 7.53. The lowest BCUT2D eigenvalue weighted by molar-refractivity contribution is 0.0595. The van der Waals surface area contributed by atoms with Crippen LogP contribution in [-0.4, -0.2) is 56.9 Å². The highest BCUT2D eigenvalue weighted by atomic mass is 32.2. The van der Waals surface area contributed by atoms with Crippen molar-refractivity contribution in [2.75, 3.05) is 33.3 Å². The monoisotopic (exact) mass is 384 g/mol. The summed E-state index contributed by atoms with van der Waals surface area (Å²) in [5.74, 6) is 0.107. The maximum Gasteiger partial charge on any atom is 0.341 e. The van der Waals surface area contributed by atoms with Crippen molar-refractivity contribution in [1.29, 1.82) is 0 Å². The molecule has 0 N–H and O–H groups in total. The normalized spacial score (nSPS) is 16.9. The van der Waals surface area contributed by atoms with E-state index in [9.17, 15) is 13.2 Å². The molecule has 9 heteroatoms. The summed E-state index contributed by atoms with van der Waals surface area (Å²) in [6, 6.07) is 5.06. The van der Waals surface area contributed by atoms with Crippen molar-refractivity contribution >= 4 is 27.3 Å². The van der Waals surface area contributed by atoms with Crippen LogP contribution in [0.1, 0.15) is 21.0 Å². The molecule has 0 aliphatic carbocycles. The number of ether oxygens (including phenoxy) is 1. The minimum atomic E-state index is -3.42. The molecule has 7 nitrogen and oxygen atoms in total. The van der Waals surface area contributed by atoms with Crippen LogP contribution in [0, 0.1) is 6.92 Å². The van der Waals surface area contributed by atoms with Gasteiger partial charge in [-0.05, 0) is 25.1 Å². The second kappa shape index (κ2) is 7.28. The van der Waals surface area contributed by atoms with Gasteiger partial charge in [-0.15, -0.1) is 11.3 Å². The zero-order valence-corrected chi connectivity index (χ0v) is 15.7. The number of hydrogen-bond donors (Lipinski definition) is 0. The van der Waals surface area contributed by atoms with E-state index in [1.165, 1.54) is 29.0 Å². The Bertz CT molecular complexity index is 848. The second-order valence-corrected chi connectivity index (χ2v) is 9.25. The van der Waals surface area contributed by atoms with Crippen LogP contribution in [0.2, 0.25) is 0 Å². The van der Waals surface area contributed by atoms with Crippen molar-refractivity contribution in [3.63, 3.8) is 0 Å². The summed E-state index contributed by atoms with van der Waals surface area (Å²) in [6.45, 7) is 4.31. The number of hydrogen-bond acceptors (Lipinski definition) is 7. The van der Waals surface area contributed by atoms with Crippen molar-refractivity contribution in [2.24, 2.45) is 0 Å². The molecular formula is C16H20N2O5S2. The molecule has 0 amide bonds. The molecule has 0 atom stereocenters. The van der Waals surface area contributed by atoms with Gasteiger partial charge in [0.1, 0.15) is 15.5 Å². The van der Waals surface area contributed by atoms with Crippen LogP contribution < -0.4 is 0 Å². The number of thiophene rings is 1. The highest BCUT2D eigenvalue weighted by Crippen LogP contribution is 2.25. The van der Waals surface area contributed by atoms with Crippen LogP contribution in [-0.2, 0) is 21.3 Å². The lowest BCUT2D eigenvalue weighted by atomic mass is 10.2. The van der Waals surface area contributed by atoms with Crippen molar-refractivity contribution in [1.82, 2.24) is 9.21 Å². The summed E-state index contributed by atoms with van der Waals surface area (Å²) in [5.41, 5.74) is 0.409. The number of esters is 1. The van der Waals surface area contributed by atoms with Crippen molar-refractivity contribution in [2.45, 2.75) is 17.7 Å². The highest BCUT2D eigenvalue weighted by Gasteiger charge is 2.30. The van der Waals surface area contributed by atoms with Crippen LogP contribution in [0.25, 0.3) is 0 Å². The molecule has 136 valence electrons. The van der Waals surface area contributed by atoms with E-state index in [1.54, 1.807) is 12.1 Å². The number of rotatable bonds is 5. The zero-order valence-electron chi connectivity index (χ0n) is 14.1. The molecule has 0 radical (unpaired) electrons. The Morgan fingerprint density at radius 1 is 1.24 bits per heavy atom. The Morgan fingerprint density at radius 2 is 1.96 bits per heavy atom. The molecule has 2 aromatic rings. The van der Waals surface area contributed by atoms with E-state index >= 15 is 0 Å². The predicted molar refractivity (Wildman–Crippen MR) is 93.1 cm³/mol. The van der Waals surface area contributed by atoms with Crippen LogP contribution in [0.15, 0.2) is 33.1 Å². The smallest absolute Gasteiger partial charge is 0.341 e. The summed E-state index contributed by atoms with van der Waals surface area (Å²) in [6.07, 6.45) is 1.46. The first kappa shape index (κ1) is 18.1. The Kier molecular flexibility index (Phi) is 5.28. The van der Waals surface area contributed by atoms with E-state index in [2.05, 4.69) is 4.90 Å². The van der Waals surface area contributed by atoms with Crippen LogP contribution in [0.4, 0.5) is 0 Å². The van der Waals surface area contributed by atoms with Gasteiger partial charge in [-0.1, -0.05) is 0 Å². The Balaban J connectivity index is 1.63. The molecule has 1 aliphatic rings. The number of nitrogens with zero attached hydrogens (tertiary/aromatic N) is 2. The Hall–Kier alpha value is -1.68. The number of piperazine rings is 1. The second-order valence-electron chi connectivity index (χ2n) is 5.79. The van der Waals surface area contributed by atoms with Gasteiger partial charge in [0.25, 0.3) is 10.0 Å². The van der Waals surface area contributed by atoms with Gasteiger partial charge in [-0.3, -0.25) is 4.90 Å². The number of carbonyl (C=O) groups is 1. The zero-order chi connectivity index (χ0) is 18.0. The van der Waals surface area contributed by atoms with E-state index in [4.69, 9.17) is 9.15 Å². The number of aryl methyl sites for hydroxylation is 1. The molecule has 2 aromatic heterocycles. The molecule has 0 unspecified atom stereocenters. The maximum absolute atomic E-state index is 12.6. The van der Waals surface area contributed by atoms with Crippen LogP contribution in [0.3, 0.4) is 0 Å². The number of methoxy groups -OCH3 is 1. The fourth-order valence-corrected chi connectivity index (χ4v) is 5.62. The third-order valence-electron chi connectivity index (χ3n) is 4.16. The fourth-order valence-electron chi connectivity index (χ4n) is 2.76. The minimum Gasteiger partial charge on any atom is -0.467 e. The topological polar surface area (TPSA) is 80.1 Å². The average molecular weight is 384 g/mol. The maximum atomic E-state index is 12.6. The Labute approximate surface area is 150 Å². The molecule has 0 bridgehead atoms. The molecule has 0 aromatic carbocycles. The van der Waals surface area contributed by atoms with E-state index in [0.29, 0.717) is 48.3 Å². The summed E-state index contributed by atoms with van der Waals surface area (Å²) in [5, 5.41) is 0. The minimum absolute atomic E-state index is 0.387. The van der Waals surface area contributed by atoms with E-state index in [-0.39, 0.29) is 0 Å². The molecule has 1 fully saturated rings. The van der Waals surface area contributed by atoms with Gasteiger partial charge in [0, 0.05) is 31.1 Å². The standard InChI is InChI=1S/C16H20N2O5S2/c1-12-3-4-15(24-12)25(20,21)18-8-6-17(7-9-18)11-14-13(5-10-23-14)16(19)22-2/h3-5,10H,6-9,11H2,1-2H3. The summed E-state index contributed by atoms with van der Waals surface area (Å²) in [7, 11) is -2.10. The van der Waals surface area contributed by atoms with E-state index in [0.717, 1.165) is 4.88 Å². The van der Waals surface area contributed by atoms with Crippen LogP contribution >= 0.6 is 11.3 Å². The molecule has 25 heavy (non-hydrogen) atoms. The van der Waals surface area contributed by atoms with E-state index in [1.807, 2.05) is 13.0 Å². The summed E-state index contributed by atoms with van der Waals surface area (Å²) >= 11 is 1.29. The summed E-state index contributed by atoms with van der Waals surface area (Å²) < 4.78 is 37.3. The molecule has 0 spiro atoms. The largest absolute Gasteiger partial charge is 0.467 e.